The zero-order valence-corrected chi connectivity index (χ0v) is 8.80. The van der Waals surface area contributed by atoms with Crippen molar-refractivity contribution in [3.8, 4) is 0 Å². The van der Waals surface area contributed by atoms with Crippen molar-refractivity contribution in [1.29, 1.82) is 0 Å². The molecule has 0 aliphatic carbocycles. The Morgan fingerprint density at radius 1 is 1.43 bits per heavy atom. The smallest absolute Gasteiger partial charge is 0.0856 e. The first-order valence-corrected chi connectivity index (χ1v) is 5.06. The molecule has 1 aromatic carbocycles. The van der Waals surface area contributed by atoms with E-state index in [9.17, 15) is 0 Å². The molecule has 0 saturated carbocycles. The number of benzene rings is 1. The Bertz CT molecular complexity index is 441. The lowest BCUT2D eigenvalue weighted by Gasteiger charge is -2.00. The van der Waals surface area contributed by atoms with Gasteiger partial charge in [-0.3, -0.25) is 0 Å². The van der Waals surface area contributed by atoms with E-state index in [1.54, 1.807) is 0 Å². The summed E-state index contributed by atoms with van der Waals surface area (Å²) in [5, 5.41) is 1.35. The minimum Gasteiger partial charge on any atom is -0.361 e. The Hall–Kier alpha value is -1.28. The molecule has 0 saturated heterocycles. The maximum absolute atomic E-state index is 4.03. The molecule has 1 aromatic heterocycles. The van der Waals surface area contributed by atoms with Gasteiger partial charge in [-0.05, 0) is 31.5 Å². The number of H-pyrrole nitrogens is 1. The van der Waals surface area contributed by atoms with Gasteiger partial charge in [0.1, 0.15) is 0 Å². The van der Waals surface area contributed by atoms with Crippen LogP contribution in [-0.2, 0) is 6.42 Å². The summed E-state index contributed by atoms with van der Waals surface area (Å²) in [5.41, 5.74) is 7.95. The SMILES string of the molecule is Cc1ccc2[nH]cc(CC(C)[NH3+])c2c1. The highest BCUT2D eigenvalue weighted by atomic mass is 14.7. The number of nitrogens with one attached hydrogen (secondary N) is 1. The molecule has 0 amide bonds. The Balaban J connectivity index is 2.50. The molecular formula is C12H17N2+. The summed E-state index contributed by atoms with van der Waals surface area (Å²) < 4.78 is 0. The van der Waals surface area contributed by atoms with Crippen molar-refractivity contribution in [3.63, 3.8) is 0 Å². The number of aryl methyl sites for hydroxylation is 1. The van der Waals surface area contributed by atoms with Gasteiger partial charge in [0.05, 0.1) is 6.04 Å². The summed E-state index contributed by atoms with van der Waals surface area (Å²) in [4.78, 5) is 3.29. The Kier molecular flexibility index (Phi) is 2.30. The van der Waals surface area contributed by atoms with Crippen LogP contribution in [0, 0.1) is 6.92 Å². The van der Waals surface area contributed by atoms with Gasteiger partial charge in [-0.15, -0.1) is 0 Å². The van der Waals surface area contributed by atoms with Crippen LogP contribution in [0.5, 0.6) is 0 Å². The molecule has 14 heavy (non-hydrogen) atoms. The van der Waals surface area contributed by atoms with E-state index in [4.69, 9.17) is 0 Å². The van der Waals surface area contributed by atoms with Crippen molar-refractivity contribution < 1.29 is 5.73 Å². The van der Waals surface area contributed by atoms with Gasteiger partial charge in [0.15, 0.2) is 0 Å². The van der Waals surface area contributed by atoms with Gasteiger partial charge in [0.2, 0.25) is 0 Å². The number of hydrogen-bond donors (Lipinski definition) is 2. The van der Waals surface area contributed by atoms with Crippen LogP contribution in [0.1, 0.15) is 18.1 Å². The highest BCUT2D eigenvalue weighted by Crippen LogP contribution is 2.20. The molecule has 74 valence electrons. The van der Waals surface area contributed by atoms with Crippen molar-refractivity contribution in [2.75, 3.05) is 0 Å². The van der Waals surface area contributed by atoms with Crippen LogP contribution >= 0.6 is 0 Å². The van der Waals surface area contributed by atoms with Crippen LogP contribution in [0.2, 0.25) is 0 Å². The molecule has 1 atom stereocenters. The van der Waals surface area contributed by atoms with Gasteiger partial charge in [0, 0.05) is 23.5 Å². The second-order valence-electron chi connectivity index (χ2n) is 4.17. The number of hydrogen-bond acceptors (Lipinski definition) is 0. The van der Waals surface area contributed by atoms with Crippen molar-refractivity contribution >= 4 is 10.9 Å². The fourth-order valence-corrected chi connectivity index (χ4v) is 1.84. The normalized spacial score (nSPS) is 13.4. The molecule has 0 aliphatic rings. The lowest BCUT2D eigenvalue weighted by molar-refractivity contribution is -0.413. The summed E-state index contributed by atoms with van der Waals surface area (Å²) in [6.07, 6.45) is 3.15. The molecule has 1 heterocycles. The van der Waals surface area contributed by atoms with E-state index in [0.717, 1.165) is 6.42 Å². The van der Waals surface area contributed by atoms with Crippen LogP contribution in [0.4, 0.5) is 0 Å². The van der Waals surface area contributed by atoms with E-state index < -0.39 is 0 Å². The first-order chi connectivity index (χ1) is 6.66. The van der Waals surface area contributed by atoms with Gasteiger partial charge in [-0.2, -0.15) is 0 Å². The zero-order chi connectivity index (χ0) is 10.1. The average molecular weight is 189 g/mol. The van der Waals surface area contributed by atoms with E-state index in [1.165, 1.54) is 22.0 Å². The zero-order valence-electron chi connectivity index (χ0n) is 8.80. The molecule has 1 unspecified atom stereocenters. The number of rotatable bonds is 2. The highest BCUT2D eigenvalue weighted by molar-refractivity contribution is 5.83. The third-order valence-corrected chi connectivity index (χ3v) is 2.49. The van der Waals surface area contributed by atoms with Crippen LogP contribution in [-0.4, -0.2) is 11.0 Å². The number of quaternary nitrogens is 1. The van der Waals surface area contributed by atoms with Gasteiger partial charge < -0.3 is 10.7 Å². The quantitative estimate of drug-likeness (QED) is 0.721. The van der Waals surface area contributed by atoms with Crippen LogP contribution in [0.3, 0.4) is 0 Å². The van der Waals surface area contributed by atoms with Gasteiger partial charge in [0.25, 0.3) is 0 Å². The first-order valence-electron chi connectivity index (χ1n) is 5.06. The maximum Gasteiger partial charge on any atom is 0.0856 e. The van der Waals surface area contributed by atoms with E-state index in [-0.39, 0.29) is 0 Å². The van der Waals surface area contributed by atoms with Crippen molar-refractivity contribution in [3.05, 3.63) is 35.5 Å². The van der Waals surface area contributed by atoms with Crippen LogP contribution in [0.25, 0.3) is 10.9 Å². The summed E-state index contributed by atoms with van der Waals surface area (Å²) in [6, 6.07) is 6.98. The fraction of sp³-hybridized carbons (Fsp3) is 0.333. The number of aromatic amines is 1. The third-order valence-electron chi connectivity index (χ3n) is 2.49. The molecule has 4 N–H and O–H groups in total. The largest absolute Gasteiger partial charge is 0.361 e. The monoisotopic (exact) mass is 189 g/mol. The minimum atomic E-state index is 0.467. The van der Waals surface area contributed by atoms with E-state index >= 15 is 0 Å². The predicted molar refractivity (Wildman–Crippen MR) is 59.1 cm³/mol. The highest BCUT2D eigenvalue weighted by Gasteiger charge is 2.06. The Morgan fingerprint density at radius 3 is 2.93 bits per heavy atom. The van der Waals surface area contributed by atoms with E-state index in [2.05, 4.69) is 49.0 Å². The second kappa shape index (κ2) is 3.46. The molecule has 0 spiro atoms. The molecule has 2 heteroatoms. The third kappa shape index (κ3) is 1.66. The van der Waals surface area contributed by atoms with Crippen molar-refractivity contribution in [1.82, 2.24) is 4.98 Å². The van der Waals surface area contributed by atoms with Gasteiger partial charge >= 0.3 is 0 Å². The summed E-state index contributed by atoms with van der Waals surface area (Å²) in [5.74, 6) is 0. The fourth-order valence-electron chi connectivity index (χ4n) is 1.84. The standard InChI is InChI=1S/C12H16N2/c1-8-3-4-12-11(5-8)10(7-14-12)6-9(2)13/h3-5,7,9,14H,6,13H2,1-2H3/p+1. The van der Waals surface area contributed by atoms with Gasteiger partial charge in [-0.25, -0.2) is 0 Å². The maximum atomic E-state index is 4.03. The van der Waals surface area contributed by atoms with Crippen LogP contribution < -0.4 is 5.73 Å². The molecule has 0 fully saturated rings. The number of fused-ring (bicyclic) bond motifs is 1. The Labute approximate surface area is 84.1 Å². The molecule has 0 radical (unpaired) electrons. The predicted octanol–water partition coefficient (Wildman–Crippen LogP) is 1.65. The average Bonchev–Trinajstić information content (AvgIpc) is 2.47. The van der Waals surface area contributed by atoms with Crippen molar-refractivity contribution in [2.45, 2.75) is 26.3 Å². The minimum absolute atomic E-state index is 0.467. The van der Waals surface area contributed by atoms with Crippen LogP contribution in [0.15, 0.2) is 24.4 Å². The molecule has 0 aliphatic heterocycles. The van der Waals surface area contributed by atoms with Gasteiger partial charge in [-0.1, -0.05) is 11.6 Å². The summed E-state index contributed by atoms with van der Waals surface area (Å²) >= 11 is 0. The molecule has 2 aromatic rings. The summed E-state index contributed by atoms with van der Waals surface area (Å²) in [6.45, 7) is 4.28. The molecule has 2 nitrogen and oxygen atoms in total. The lowest BCUT2D eigenvalue weighted by atomic mass is 10.1. The van der Waals surface area contributed by atoms with Crippen molar-refractivity contribution in [2.24, 2.45) is 0 Å². The molecule has 2 rings (SSSR count). The Morgan fingerprint density at radius 2 is 2.21 bits per heavy atom. The van der Waals surface area contributed by atoms with E-state index in [0.29, 0.717) is 6.04 Å². The summed E-state index contributed by atoms with van der Waals surface area (Å²) in [7, 11) is 0. The van der Waals surface area contributed by atoms with E-state index in [1.807, 2.05) is 0 Å². The second-order valence-corrected chi connectivity index (χ2v) is 4.17. The first kappa shape index (κ1) is 9.28. The topological polar surface area (TPSA) is 43.4 Å². The molecule has 0 bridgehead atoms. The molecular weight excluding hydrogens is 172 g/mol. The lowest BCUT2D eigenvalue weighted by Crippen LogP contribution is -2.60. The number of aromatic nitrogens is 1.